The minimum Gasteiger partial charge on any atom is -0.496 e. The number of aromatic amines is 1. The fraction of sp³-hybridized carbons (Fsp3) is 0.500. The van der Waals surface area contributed by atoms with Crippen LogP contribution in [0.15, 0.2) is 24.4 Å². The molecule has 2 aromatic heterocycles. The zero-order valence-corrected chi connectivity index (χ0v) is 20.5. The molecule has 4 rings (SSSR count). The largest absolute Gasteiger partial charge is 0.496 e. The van der Waals surface area contributed by atoms with E-state index in [2.05, 4.69) is 81.6 Å². The monoisotopic (exact) mass is 442 g/mol. The van der Waals surface area contributed by atoms with Crippen LogP contribution < -0.4 is 9.30 Å². The molecule has 0 aliphatic heterocycles. The Morgan fingerprint density at radius 3 is 2.50 bits per heavy atom. The van der Waals surface area contributed by atoms with Gasteiger partial charge in [0.15, 0.2) is 5.52 Å². The van der Waals surface area contributed by atoms with Crippen LogP contribution in [0.4, 0.5) is 0 Å². The Balaban J connectivity index is 1.88. The lowest BCUT2D eigenvalue weighted by atomic mass is 9.82. The molecule has 0 bridgehead atoms. The first-order valence-electron chi connectivity index (χ1n) is 10.5. The molecule has 1 atom stereocenters. The molecule has 4 nitrogen and oxygen atoms in total. The summed E-state index contributed by atoms with van der Waals surface area (Å²) in [4.78, 5) is 8.56. The predicted octanol–water partition coefficient (Wildman–Crippen LogP) is 4.89. The van der Waals surface area contributed by atoms with Crippen LogP contribution in [0.5, 0.6) is 5.75 Å². The average Bonchev–Trinajstić information content (AvgIpc) is 3.17. The topological polar surface area (TPSA) is 41.8 Å². The Kier molecular flexibility index (Phi) is 5.38. The van der Waals surface area contributed by atoms with Crippen LogP contribution in [0.25, 0.3) is 17.0 Å². The van der Waals surface area contributed by atoms with Crippen molar-refractivity contribution in [2.24, 2.45) is 0 Å². The third-order valence-corrected chi connectivity index (χ3v) is 7.60. The molecule has 1 N–H and O–H groups in total. The third-order valence-electron chi connectivity index (χ3n) is 6.51. The van der Waals surface area contributed by atoms with Gasteiger partial charge in [-0.2, -0.15) is 25.3 Å². The van der Waals surface area contributed by atoms with Gasteiger partial charge in [0, 0.05) is 29.1 Å². The summed E-state index contributed by atoms with van der Waals surface area (Å²) in [5, 5.41) is 0.153. The molecule has 1 aromatic carbocycles. The number of ether oxygens (including phenoxy) is 1. The van der Waals surface area contributed by atoms with Gasteiger partial charge in [0.25, 0.3) is 0 Å². The van der Waals surface area contributed by atoms with Gasteiger partial charge < -0.3 is 4.74 Å². The summed E-state index contributed by atoms with van der Waals surface area (Å²) in [6, 6.07) is 6.58. The van der Waals surface area contributed by atoms with Gasteiger partial charge in [0.05, 0.1) is 19.0 Å². The summed E-state index contributed by atoms with van der Waals surface area (Å²) in [5.41, 5.74) is 7.50. The molecule has 160 valence electrons. The molecule has 0 spiro atoms. The first-order chi connectivity index (χ1) is 14.1. The average molecular weight is 443 g/mol. The molecule has 30 heavy (non-hydrogen) atoms. The maximum Gasteiger partial charge on any atom is 0.402 e. The SMILES string of the molecule is COc1cc[n+](-c2nc3cc4c(cc3[nH]2)C(C)(C)CC4(C)C)c(CC(S)CS)c1C. The molecule has 0 fully saturated rings. The highest BCUT2D eigenvalue weighted by Crippen LogP contribution is 2.50. The first-order valence-corrected chi connectivity index (χ1v) is 11.6. The van der Waals surface area contributed by atoms with E-state index in [9.17, 15) is 0 Å². The van der Waals surface area contributed by atoms with Gasteiger partial charge in [-0.05, 0) is 47.4 Å². The van der Waals surface area contributed by atoms with Gasteiger partial charge in [-0.15, -0.1) is 0 Å². The lowest BCUT2D eigenvalue weighted by Gasteiger charge is -2.22. The van der Waals surface area contributed by atoms with Gasteiger partial charge >= 0.3 is 5.95 Å². The summed E-state index contributed by atoms with van der Waals surface area (Å²) in [6.07, 6.45) is 3.96. The molecule has 0 radical (unpaired) electrons. The number of pyridine rings is 1. The number of nitrogens with zero attached hydrogens (tertiary/aromatic N) is 2. The molecular weight excluding hydrogens is 410 g/mol. The van der Waals surface area contributed by atoms with Crippen molar-refractivity contribution in [2.75, 3.05) is 12.9 Å². The number of H-pyrrole nitrogens is 1. The van der Waals surface area contributed by atoms with Crippen molar-refractivity contribution in [1.82, 2.24) is 9.97 Å². The number of hydrogen-bond donors (Lipinski definition) is 3. The van der Waals surface area contributed by atoms with Gasteiger partial charge in [0.1, 0.15) is 11.3 Å². The second kappa shape index (κ2) is 7.49. The summed E-state index contributed by atoms with van der Waals surface area (Å²) in [5.74, 6) is 2.40. The Bertz CT molecular complexity index is 1070. The number of hydrogen-bond acceptors (Lipinski definition) is 4. The van der Waals surface area contributed by atoms with Crippen molar-refractivity contribution < 1.29 is 9.30 Å². The van der Waals surface area contributed by atoms with E-state index in [1.165, 1.54) is 11.1 Å². The minimum absolute atomic E-state index is 0.153. The van der Waals surface area contributed by atoms with Crippen molar-refractivity contribution in [3.8, 4) is 11.7 Å². The smallest absolute Gasteiger partial charge is 0.402 e. The van der Waals surface area contributed by atoms with Crippen molar-refractivity contribution in [3.63, 3.8) is 0 Å². The minimum atomic E-state index is 0.153. The Morgan fingerprint density at radius 1 is 1.20 bits per heavy atom. The molecule has 0 amide bonds. The second-order valence-electron chi connectivity index (χ2n) is 9.79. The lowest BCUT2D eigenvalue weighted by Crippen LogP contribution is -2.39. The summed E-state index contributed by atoms with van der Waals surface area (Å²) in [6.45, 7) is 11.4. The zero-order valence-electron chi connectivity index (χ0n) is 18.7. The van der Waals surface area contributed by atoms with Crippen LogP contribution in [0.1, 0.15) is 56.5 Å². The Morgan fingerprint density at radius 2 is 1.87 bits per heavy atom. The molecule has 0 saturated carbocycles. The van der Waals surface area contributed by atoms with Crippen LogP contribution >= 0.6 is 25.3 Å². The van der Waals surface area contributed by atoms with Gasteiger partial charge in [-0.25, -0.2) is 9.55 Å². The third kappa shape index (κ3) is 3.52. The first kappa shape index (κ1) is 21.6. The molecule has 1 aliphatic carbocycles. The van der Waals surface area contributed by atoms with E-state index in [-0.39, 0.29) is 16.1 Å². The van der Waals surface area contributed by atoms with Gasteiger partial charge in [-0.1, -0.05) is 32.7 Å². The van der Waals surface area contributed by atoms with E-state index in [1.807, 2.05) is 12.3 Å². The van der Waals surface area contributed by atoms with Crippen molar-refractivity contribution in [1.29, 1.82) is 0 Å². The van der Waals surface area contributed by atoms with E-state index < -0.39 is 0 Å². The van der Waals surface area contributed by atoms with Crippen LogP contribution in [0.2, 0.25) is 0 Å². The van der Waals surface area contributed by atoms with Crippen molar-refractivity contribution in [3.05, 3.63) is 46.8 Å². The van der Waals surface area contributed by atoms with Crippen LogP contribution in [-0.4, -0.2) is 28.1 Å². The van der Waals surface area contributed by atoms with Crippen LogP contribution in [-0.2, 0) is 17.3 Å². The number of rotatable bonds is 5. The van der Waals surface area contributed by atoms with E-state index in [1.54, 1.807) is 7.11 Å². The summed E-state index contributed by atoms with van der Waals surface area (Å²) >= 11 is 9.11. The van der Waals surface area contributed by atoms with E-state index in [4.69, 9.17) is 9.72 Å². The number of fused-ring (bicyclic) bond motifs is 2. The Hall–Kier alpha value is -1.66. The highest BCUT2D eigenvalue weighted by molar-refractivity contribution is 7.84. The number of methoxy groups -OCH3 is 1. The van der Waals surface area contributed by atoms with E-state index >= 15 is 0 Å². The number of imidazole rings is 1. The number of aromatic nitrogens is 3. The maximum atomic E-state index is 5.56. The molecule has 0 saturated heterocycles. The molecular formula is C24H32N3OS2+. The zero-order chi connectivity index (χ0) is 21.8. The Labute approximate surface area is 190 Å². The number of thiol groups is 2. The van der Waals surface area contributed by atoms with E-state index in [0.717, 1.165) is 46.8 Å². The molecule has 2 heterocycles. The van der Waals surface area contributed by atoms with E-state index in [0.29, 0.717) is 5.75 Å². The molecule has 1 unspecified atom stereocenters. The molecule has 3 aromatic rings. The second-order valence-corrected chi connectivity index (χ2v) is 10.9. The van der Waals surface area contributed by atoms with Crippen molar-refractivity contribution in [2.45, 2.75) is 63.5 Å². The van der Waals surface area contributed by atoms with Gasteiger partial charge in [-0.3, -0.25) is 0 Å². The standard InChI is InChI=1S/C24H31N3OS2/c1-14-20(9-15(30)12-29)27(8-7-21(14)28-6)22-25-18-10-16-17(11-19(18)26-22)24(4,5)13-23(16,2)3/h7-8,10-11,15H,9,12-13H2,1-6H3,(H2-,25,26,29,30)/p+1. The highest BCUT2D eigenvalue weighted by atomic mass is 32.1. The molecule has 6 heteroatoms. The quantitative estimate of drug-likeness (QED) is 0.389. The number of nitrogens with one attached hydrogen (secondary N) is 1. The van der Waals surface area contributed by atoms with Gasteiger partial charge in [0.2, 0.25) is 0 Å². The fourth-order valence-electron chi connectivity index (χ4n) is 5.21. The lowest BCUT2D eigenvalue weighted by molar-refractivity contribution is -0.612. The fourth-order valence-corrected chi connectivity index (χ4v) is 5.51. The summed E-state index contributed by atoms with van der Waals surface area (Å²) in [7, 11) is 1.71. The molecule has 1 aliphatic rings. The van der Waals surface area contributed by atoms with Crippen LogP contribution in [0, 0.1) is 6.92 Å². The predicted molar refractivity (Wildman–Crippen MR) is 130 cm³/mol. The summed E-state index contributed by atoms with van der Waals surface area (Å²) < 4.78 is 7.69. The van der Waals surface area contributed by atoms with Crippen molar-refractivity contribution >= 4 is 36.3 Å². The van der Waals surface area contributed by atoms with Crippen LogP contribution in [0.3, 0.4) is 0 Å². The number of benzene rings is 1. The normalized spacial score (nSPS) is 17.9. The highest BCUT2D eigenvalue weighted by Gasteiger charge is 2.42. The maximum absolute atomic E-state index is 5.56.